The van der Waals surface area contributed by atoms with Crippen LogP contribution < -0.4 is 14.8 Å². The molecule has 0 bridgehead atoms. The van der Waals surface area contributed by atoms with Crippen molar-refractivity contribution in [2.75, 3.05) is 7.11 Å². The van der Waals surface area contributed by atoms with E-state index in [1.54, 1.807) is 19.1 Å². The van der Waals surface area contributed by atoms with Gasteiger partial charge < -0.3 is 29.4 Å². The largest absolute Gasteiger partial charge is 0.503 e. The zero-order valence-corrected chi connectivity index (χ0v) is 20.2. The van der Waals surface area contributed by atoms with Gasteiger partial charge in [0.25, 0.3) is 5.91 Å². The highest BCUT2D eigenvalue weighted by Gasteiger charge is 2.41. The maximum Gasteiger partial charge on any atom is 0.329 e. The molecule has 2 fully saturated rings. The van der Waals surface area contributed by atoms with Crippen molar-refractivity contribution in [3.8, 4) is 17.2 Å². The SMILES string of the molecule is COc1ccnc(C(=O)NC2CCCC(Oc3ccccc3)C(OC(=O)C3CC3)C(C)OC2=O)c1O. The number of pyridine rings is 1. The zero-order valence-electron chi connectivity index (χ0n) is 20.2. The molecule has 4 rings (SSSR count). The van der Waals surface area contributed by atoms with Crippen molar-refractivity contribution >= 4 is 17.8 Å². The fourth-order valence-corrected chi connectivity index (χ4v) is 4.09. The van der Waals surface area contributed by atoms with E-state index < -0.39 is 42.0 Å². The highest BCUT2D eigenvalue weighted by atomic mass is 16.6. The Kier molecular flexibility index (Phi) is 7.92. The second kappa shape index (κ2) is 11.3. The minimum atomic E-state index is -0.998. The maximum atomic E-state index is 13.0. The topological polar surface area (TPSA) is 133 Å². The number of amides is 1. The molecule has 0 radical (unpaired) electrons. The number of carbonyl (C=O) groups excluding carboxylic acids is 3. The number of nitrogens with zero attached hydrogens (tertiary/aromatic N) is 1. The second-order valence-electron chi connectivity index (χ2n) is 8.95. The lowest BCUT2D eigenvalue weighted by molar-refractivity contribution is -0.175. The molecule has 10 heteroatoms. The average molecular weight is 499 g/mol. The third-order valence-corrected chi connectivity index (χ3v) is 6.22. The molecular weight excluding hydrogens is 468 g/mol. The number of hydrogen-bond acceptors (Lipinski definition) is 9. The first-order valence-electron chi connectivity index (χ1n) is 12.0. The van der Waals surface area contributed by atoms with Gasteiger partial charge in [-0.2, -0.15) is 0 Å². The number of esters is 2. The predicted octanol–water partition coefficient (Wildman–Crippen LogP) is 2.78. The van der Waals surface area contributed by atoms with Crippen molar-refractivity contribution < 1.29 is 38.4 Å². The molecule has 1 aromatic carbocycles. The standard InChI is InChI=1S/C26H30N2O8/c1-15-23(36-25(31)16-11-12-16)20(35-17-7-4-3-5-8-17)10-6-9-18(26(32)34-15)28-24(30)21-22(29)19(33-2)13-14-27-21/h3-5,7-8,13-16,18,20,23,29H,6,9-12H2,1-2H3,(H,28,30). The Hall–Kier alpha value is -3.82. The number of nitrogens with one attached hydrogen (secondary N) is 1. The van der Waals surface area contributed by atoms with Gasteiger partial charge in [0, 0.05) is 12.3 Å². The summed E-state index contributed by atoms with van der Waals surface area (Å²) in [5.74, 6) is -1.61. The van der Waals surface area contributed by atoms with Crippen LogP contribution in [0.3, 0.4) is 0 Å². The number of hydrogen-bond donors (Lipinski definition) is 2. The Morgan fingerprint density at radius 2 is 1.86 bits per heavy atom. The van der Waals surface area contributed by atoms with E-state index in [1.807, 2.05) is 18.2 Å². The van der Waals surface area contributed by atoms with Crippen LogP contribution in [0.1, 0.15) is 49.5 Å². The minimum Gasteiger partial charge on any atom is -0.503 e. The highest BCUT2D eigenvalue weighted by Crippen LogP contribution is 2.33. The highest BCUT2D eigenvalue weighted by molar-refractivity contribution is 5.97. The minimum absolute atomic E-state index is 0.0852. The van der Waals surface area contributed by atoms with Crippen LogP contribution in [0.4, 0.5) is 0 Å². The molecule has 2 aliphatic rings. The molecule has 2 aromatic rings. The van der Waals surface area contributed by atoms with Crippen LogP contribution in [-0.2, 0) is 19.1 Å². The summed E-state index contributed by atoms with van der Waals surface area (Å²) >= 11 is 0. The van der Waals surface area contributed by atoms with Gasteiger partial charge in [-0.1, -0.05) is 18.2 Å². The first-order chi connectivity index (χ1) is 17.4. The lowest BCUT2D eigenvalue weighted by atomic mass is 10.0. The molecule has 10 nitrogen and oxygen atoms in total. The van der Waals surface area contributed by atoms with Gasteiger partial charge in [-0.05, 0) is 51.2 Å². The first-order valence-corrected chi connectivity index (χ1v) is 12.0. The molecule has 2 N–H and O–H groups in total. The molecule has 1 aliphatic heterocycles. The van der Waals surface area contributed by atoms with Gasteiger partial charge in [0.15, 0.2) is 23.3 Å². The van der Waals surface area contributed by atoms with Crippen molar-refractivity contribution in [3.63, 3.8) is 0 Å². The quantitative estimate of drug-likeness (QED) is 0.553. The number of cyclic esters (lactones) is 1. The summed E-state index contributed by atoms with van der Waals surface area (Å²) in [7, 11) is 1.36. The van der Waals surface area contributed by atoms with Crippen LogP contribution in [0, 0.1) is 5.92 Å². The van der Waals surface area contributed by atoms with Crippen LogP contribution in [0.25, 0.3) is 0 Å². The third kappa shape index (κ3) is 6.05. The molecule has 0 spiro atoms. The van der Waals surface area contributed by atoms with Gasteiger partial charge in [-0.15, -0.1) is 0 Å². The summed E-state index contributed by atoms with van der Waals surface area (Å²) in [5, 5.41) is 12.9. The first kappa shape index (κ1) is 25.3. The zero-order chi connectivity index (χ0) is 25.7. The Morgan fingerprint density at radius 3 is 2.56 bits per heavy atom. The normalized spacial score (nSPS) is 24.3. The van der Waals surface area contributed by atoms with Gasteiger partial charge in [0.1, 0.15) is 24.0 Å². The Bertz CT molecular complexity index is 1090. The number of aromatic nitrogens is 1. The smallest absolute Gasteiger partial charge is 0.329 e. The molecule has 2 heterocycles. The summed E-state index contributed by atoms with van der Waals surface area (Å²) < 4.78 is 22.7. The number of rotatable bonds is 7. The van der Waals surface area contributed by atoms with Crippen LogP contribution >= 0.6 is 0 Å². The Labute approximate surface area is 208 Å². The molecule has 4 atom stereocenters. The van der Waals surface area contributed by atoms with Crippen molar-refractivity contribution in [1.82, 2.24) is 10.3 Å². The van der Waals surface area contributed by atoms with Crippen LogP contribution in [0.15, 0.2) is 42.6 Å². The number of ether oxygens (including phenoxy) is 4. The molecule has 1 aliphatic carbocycles. The van der Waals surface area contributed by atoms with Gasteiger partial charge in [0.2, 0.25) is 0 Å². The van der Waals surface area contributed by atoms with E-state index in [-0.39, 0.29) is 29.8 Å². The lowest BCUT2D eigenvalue weighted by Crippen LogP contribution is -2.47. The van der Waals surface area contributed by atoms with Crippen molar-refractivity contribution in [2.24, 2.45) is 5.92 Å². The predicted molar refractivity (Wildman–Crippen MR) is 127 cm³/mol. The maximum absolute atomic E-state index is 13.0. The molecule has 1 amide bonds. The van der Waals surface area contributed by atoms with E-state index in [9.17, 15) is 19.5 Å². The van der Waals surface area contributed by atoms with Gasteiger partial charge in [-0.25, -0.2) is 9.78 Å². The van der Waals surface area contributed by atoms with E-state index in [4.69, 9.17) is 18.9 Å². The van der Waals surface area contributed by atoms with E-state index in [0.29, 0.717) is 18.6 Å². The van der Waals surface area contributed by atoms with E-state index in [1.165, 1.54) is 19.4 Å². The van der Waals surface area contributed by atoms with Crippen LogP contribution in [0.5, 0.6) is 17.2 Å². The van der Waals surface area contributed by atoms with E-state index in [2.05, 4.69) is 10.3 Å². The summed E-state index contributed by atoms with van der Waals surface area (Å²) in [5.41, 5.74) is -0.267. The number of para-hydroxylation sites is 1. The summed E-state index contributed by atoms with van der Waals surface area (Å²) in [6, 6.07) is 9.58. The number of carbonyl (C=O) groups is 3. The summed E-state index contributed by atoms with van der Waals surface area (Å²) in [4.78, 5) is 42.3. The van der Waals surface area contributed by atoms with Crippen LogP contribution in [0.2, 0.25) is 0 Å². The van der Waals surface area contributed by atoms with Gasteiger partial charge >= 0.3 is 11.9 Å². The summed E-state index contributed by atoms with van der Waals surface area (Å²) in [6.45, 7) is 1.64. The molecule has 1 saturated heterocycles. The Balaban J connectivity index is 1.51. The molecule has 4 unspecified atom stereocenters. The van der Waals surface area contributed by atoms with E-state index >= 15 is 0 Å². The third-order valence-electron chi connectivity index (χ3n) is 6.22. The molecule has 192 valence electrons. The molecule has 1 saturated carbocycles. The monoisotopic (exact) mass is 498 g/mol. The number of methoxy groups -OCH3 is 1. The van der Waals surface area contributed by atoms with Gasteiger partial charge in [-0.3, -0.25) is 9.59 Å². The van der Waals surface area contributed by atoms with Crippen LogP contribution in [-0.4, -0.2) is 59.4 Å². The fraction of sp³-hybridized carbons (Fsp3) is 0.462. The van der Waals surface area contributed by atoms with Crippen molar-refractivity contribution in [1.29, 1.82) is 0 Å². The number of benzene rings is 1. The fourth-order valence-electron chi connectivity index (χ4n) is 4.09. The van der Waals surface area contributed by atoms with Crippen molar-refractivity contribution in [2.45, 2.75) is 63.4 Å². The molecule has 1 aromatic heterocycles. The second-order valence-corrected chi connectivity index (χ2v) is 8.95. The van der Waals surface area contributed by atoms with Gasteiger partial charge in [0.05, 0.1) is 13.0 Å². The van der Waals surface area contributed by atoms with E-state index in [0.717, 1.165) is 12.8 Å². The lowest BCUT2D eigenvalue weighted by Gasteiger charge is -2.31. The molecular formula is C26H30N2O8. The summed E-state index contributed by atoms with van der Waals surface area (Å²) in [6.07, 6.45) is 1.85. The molecule has 36 heavy (non-hydrogen) atoms. The number of aromatic hydroxyl groups is 1. The van der Waals surface area contributed by atoms with Crippen molar-refractivity contribution in [3.05, 3.63) is 48.3 Å². The Morgan fingerprint density at radius 1 is 1.11 bits per heavy atom. The average Bonchev–Trinajstić information content (AvgIpc) is 3.71.